The predicted octanol–water partition coefficient (Wildman–Crippen LogP) is 3.35. The van der Waals surface area contributed by atoms with Gasteiger partial charge in [0.1, 0.15) is 0 Å². The molecule has 0 aliphatic carbocycles. The van der Waals surface area contributed by atoms with E-state index in [0.717, 1.165) is 17.7 Å². The van der Waals surface area contributed by atoms with Gasteiger partial charge < -0.3 is 20.7 Å². The van der Waals surface area contributed by atoms with Crippen LogP contribution in [0.1, 0.15) is 11.1 Å². The number of likely N-dealkylation sites (N-methyl/N-ethyl adjacent to an activating group) is 1. The van der Waals surface area contributed by atoms with Gasteiger partial charge in [-0.15, -0.1) is 24.0 Å². The van der Waals surface area contributed by atoms with Gasteiger partial charge in [0.15, 0.2) is 5.96 Å². The number of guanidine groups is 1. The summed E-state index contributed by atoms with van der Waals surface area (Å²) in [5.41, 5.74) is 9.37. The van der Waals surface area contributed by atoms with E-state index in [1.165, 1.54) is 5.56 Å². The quantitative estimate of drug-likeness (QED) is 0.355. The van der Waals surface area contributed by atoms with Gasteiger partial charge in [-0.25, -0.2) is 0 Å². The number of nitrogens with two attached hydrogens (primary N) is 1. The second-order valence-corrected chi connectivity index (χ2v) is 6.25. The van der Waals surface area contributed by atoms with Crippen LogP contribution < -0.4 is 11.1 Å². The Morgan fingerprint density at radius 2 is 1.77 bits per heavy atom. The highest BCUT2D eigenvalue weighted by atomic mass is 127. The lowest BCUT2D eigenvalue weighted by atomic mass is 10.1. The highest BCUT2D eigenvalue weighted by molar-refractivity contribution is 14.0. The van der Waals surface area contributed by atoms with Gasteiger partial charge in [-0.2, -0.15) is 0 Å². The van der Waals surface area contributed by atoms with Crippen LogP contribution >= 0.6 is 24.0 Å². The maximum Gasteiger partial charge on any atom is 0.193 e. The van der Waals surface area contributed by atoms with Crippen LogP contribution in [0.3, 0.4) is 0 Å². The number of nitrogens with one attached hydrogen (secondary N) is 1. The average molecular weight is 468 g/mol. The van der Waals surface area contributed by atoms with Gasteiger partial charge in [-0.05, 0) is 32.1 Å². The maximum absolute atomic E-state index is 6.09. The maximum atomic E-state index is 6.09. The lowest BCUT2D eigenvalue weighted by Crippen LogP contribution is -2.34. The van der Waals surface area contributed by atoms with Crippen LogP contribution in [0.2, 0.25) is 0 Å². The van der Waals surface area contributed by atoms with Crippen molar-refractivity contribution in [3.8, 4) is 0 Å². The molecule has 2 aromatic carbocycles. The minimum Gasteiger partial charge on any atom is -0.380 e. The van der Waals surface area contributed by atoms with E-state index < -0.39 is 0 Å². The van der Waals surface area contributed by atoms with Crippen LogP contribution in [0.15, 0.2) is 59.6 Å². The van der Waals surface area contributed by atoms with Crippen molar-refractivity contribution in [3.63, 3.8) is 0 Å². The third-order valence-electron chi connectivity index (χ3n) is 4.10. The third-order valence-corrected chi connectivity index (χ3v) is 4.10. The van der Waals surface area contributed by atoms with Crippen molar-refractivity contribution in [2.24, 2.45) is 10.7 Å². The Kier molecular flexibility index (Phi) is 10.2. The number of nitrogens with zero attached hydrogens (tertiary/aromatic N) is 2. The van der Waals surface area contributed by atoms with Gasteiger partial charge in [0.2, 0.25) is 0 Å². The molecule has 2 aromatic rings. The molecule has 0 saturated carbocycles. The summed E-state index contributed by atoms with van der Waals surface area (Å²) in [7, 11) is 5.82. The molecule has 3 N–H and O–H groups in total. The Labute approximate surface area is 173 Å². The first-order valence-corrected chi connectivity index (χ1v) is 8.44. The van der Waals surface area contributed by atoms with E-state index in [1.807, 2.05) is 30.3 Å². The van der Waals surface area contributed by atoms with Crippen LogP contribution in [0.4, 0.5) is 5.69 Å². The van der Waals surface area contributed by atoms with Crippen molar-refractivity contribution in [1.82, 2.24) is 4.90 Å². The molecule has 0 bridgehead atoms. The van der Waals surface area contributed by atoms with Crippen LogP contribution in [0.5, 0.6) is 0 Å². The first kappa shape index (κ1) is 22.4. The van der Waals surface area contributed by atoms with Crippen molar-refractivity contribution in [2.45, 2.75) is 19.1 Å². The van der Waals surface area contributed by atoms with Gasteiger partial charge in [0.25, 0.3) is 0 Å². The minimum absolute atomic E-state index is 0. The molecular weight excluding hydrogens is 439 g/mol. The lowest BCUT2D eigenvalue weighted by Gasteiger charge is -2.23. The van der Waals surface area contributed by atoms with Crippen molar-refractivity contribution in [1.29, 1.82) is 0 Å². The summed E-state index contributed by atoms with van der Waals surface area (Å²) in [5.74, 6) is 0.420. The number of rotatable bonds is 8. The Hall–Kier alpha value is -1.64. The summed E-state index contributed by atoms with van der Waals surface area (Å²) < 4.78 is 5.22. The molecule has 6 heteroatoms. The molecule has 2 rings (SSSR count). The number of aliphatic imine (C=N–C) groups is 1. The number of methoxy groups -OCH3 is 1. The van der Waals surface area contributed by atoms with Crippen molar-refractivity contribution in [2.75, 3.05) is 33.1 Å². The molecule has 0 saturated heterocycles. The lowest BCUT2D eigenvalue weighted by molar-refractivity contribution is 0.185. The van der Waals surface area contributed by atoms with Gasteiger partial charge in [0, 0.05) is 24.4 Å². The van der Waals surface area contributed by atoms with Crippen LogP contribution in [-0.2, 0) is 17.8 Å². The number of para-hydroxylation sites is 1. The number of ether oxygens (including phenoxy) is 1. The Morgan fingerprint density at radius 1 is 1.12 bits per heavy atom. The van der Waals surface area contributed by atoms with Crippen LogP contribution in [-0.4, -0.2) is 44.7 Å². The summed E-state index contributed by atoms with van der Waals surface area (Å²) in [6.07, 6.45) is 0.935. The zero-order valence-corrected chi connectivity index (χ0v) is 18.0. The number of halogens is 1. The van der Waals surface area contributed by atoms with E-state index in [-0.39, 0.29) is 30.0 Å². The fourth-order valence-corrected chi connectivity index (χ4v) is 2.60. The number of anilines is 1. The number of hydrogen-bond donors (Lipinski definition) is 2. The summed E-state index contributed by atoms with van der Waals surface area (Å²) in [6.45, 7) is 1.16. The molecule has 0 aliphatic rings. The van der Waals surface area contributed by atoms with Crippen molar-refractivity contribution < 1.29 is 4.74 Å². The van der Waals surface area contributed by atoms with Crippen molar-refractivity contribution in [3.05, 3.63) is 65.7 Å². The molecule has 1 unspecified atom stereocenters. The standard InChI is InChI=1S/C20H28N4O.HI/c1-24(2)18(13-16-9-5-4-6-10-16)14-22-20(21)23-19-12-8-7-11-17(19)15-25-3;/h4-12,18H,13-15H2,1-3H3,(H3,21,22,23);1H. The van der Waals surface area contributed by atoms with Gasteiger partial charge in [-0.1, -0.05) is 48.5 Å². The second-order valence-electron chi connectivity index (χ2n) is 6.25. The summed E-state index contributed by atoms with van der Waals surface area (Å²) in [5, 5.41) is 3.18. The van der Waals surface area contributed by atoms with Crippen LogP contribution in [0.25, 0.3) is 0 Å². The summed E-state index contributed by atoms with van der Waals surface area (Å²) >= 11 is 0. The molecule has 142 valence electrons. The Bertz CT molecular complexity index is 677. The second kappa shape index (κ2) is 11.9. The molecule has 0 fully saturated rings. The normalized spacial score (nSPS) is 12.5. The third kappa shape index (κ3) is 7.31. The van der Waals surface area contributed by atoms with E-state index in [2.05, 4.69) is 53.6 Å². The average Bonchev–Trinajstić information content (AvgIpc) is 2.61. The molecule has 26 heavy (non-hydrogen) atoms. The first-order chi connectivity index (χ1) is 12.1. The van der Waals surface area contributed by atoms with E-state index in [4.69, 9.17) is 10.5 Å². The largest absolute Gasteiger partial charge is 0.380 e. The summed E-state index contributed by atoms with van der Waals surface area (Å²) in [4.78, 5) is 6.72. The fraction of sp³-hybridized carbons (Fsp3) is 0.350. The van der Waals surface area contributed by atoms with E-state index in [0.29, 0.717) is 19.1 Å². The van der Waals surface area contributed by atoms with E-state index in [1.54, 1.807) is 7.11 Å². The molecule has 1 atom stereocenters. The molecule has 5 nitrogen and oxygen atoms in total. The molecule has 0 amide bonds. The predicted molar refractivity (Wildman–Crippen MR) is 120 cm³/mol. The molecule has 0 aliphatic heterocycles. The van der Waals surface area contributed by atoms with Crippen LogP contribution in [0, 0.1) is 0 Å². The first-order valence-electron chi connectivity index (χ1n) is 8.44. The zero-order valence-electron chi connectivity index (χ0n) is 15.7. The van der Waals surface area contributed by atoms with E-state index >= 15 is 0 Å². The van der Waals surface area contributed by atoms with Gasteiger partial charge in [-0.3, -0.25) is 4.99 Å². The molecule has 0 aromatic heterocycles. The fourth-order valence-electron chi connectivity index (χ4n) is 2.60. The monoisotopic (exact) mass is 468 g/mol. The SMILES string of the molecule is COCc1ccccc1NC(N)=NCC(Cc1ccccc1)N(C)C.I. The van der Waals surface area contributed by atoms with Crippen molar-refractivity contribution >= 4 is 35.6 Å². The Morgan fingerprint density at radius 3 is 2.42 bits per heavy atom. The molecule has 0 radical (unpaired) electrons. The van der Waals surface area contributed by atoms with Gasteiger partial charge >= 0.3 is 0 Å². The van der Waals surface area contributed by atoms with Gasteiger partial charge in [0.05, 0.1) is 13.2 Å². The molecule has 0 heterocycles. The summed E-state index contributed by atoms with van der Waals surface area (Å²) in [6, 6.07) is 18.7. The topological polar surface area (TPSA) is 62.9 Å². The minimum atomic E-state index is 0. The van der Waals surface area contributed by atoms with E-state index in [9.17, 15) is 0 Å². The molecular formula is C20H29IN4O. The Balaban J connectivity index is 0.00000338. The molecule has 0 spiro atoms. The highest BCUT2D eigenvalue weighted by Gasteiger charge is 2.12. The number of hydrogen-bond acceptors (Lipinski definition) is 3. The number of benzene rings is 2. The zero-order chi connectivity index (χ0) is 18.1. The highest BCUT2D eigenvalue weighted by Crippen LogP contribution is 2.15. The smallest absolute Gasteiger partial charge is 0.193 e.